The summed E-state index contributed by atoms with van der Waals surface area (Å²) in [5.74, 6) is -0.721. The largest absolute Gasteiger partial charge is 0.573 e. The molecular formula is C23H19F3N6O3. The summed E-state index contributed by atoms with van der Waals surface area (Å²) in [5, 5.41) is 12.5. The van der Waals surface area contributed by atoms with Gasteiger partial charge < -0.3 is 14.8 Å². The minimum atomic E-state index is -4.79. The molecule has 35 heavy (non-hydrogen) atoms. The van der Waals surface area contributed by atoms with Gasteiger partial charge in [0.25, 0.3) is 0 Å². The fraction of sp³-hybridized carbons (Fsp3) is 0.217. The molecule has 0 bridgehead atoms. The fourth-order valence-corrected chi connectivity index (χ4v) is 3.74. The number of hydrogen-bond donors (Lipinski definition) is 1. The molecule has 0 radical (unpaired) electrons. The fourth-order valence-electron chi connectivity index (χ4n) is 3.74. The Kier molecular flexibility index (Phi) is 5.73. The van der Waals surface area contributed by atoms with Gasteiger partial charge in [0.15, 0.2) is 5.65 Å². The van der Waals surface area contributed by atoms with Gasteiger partial charge in [-0.1, -0.05) is 6.58 Å². The number of hydrogen-bond acceptors (Lipinski definition) is 6. The molecule has 0 aliphatic carbocycles. The van der Waals surface area contributed by atoms with E-state index in [-0.39, 0.29) is 24.2 Å². The second-order valence-electron chi connectivity index (χ2n) is 7.78. The molecule has 9 nitrogen and oxygen atoms in total. The third-order valence-electron chi connectivity index (χ3n) is 5.48. The molecule has 0 saturated carbocycles. The van der Waals surface area contributed by atoms with Crippen LogP contribution in [0.4, 0.5) is 13.2 Å². The third kappa shape index (κ3) is 4.60. The van der Waals surface area contributed by atoms with Crippen molar-refractivity contribution >= 4 is 16.9 Å². The molecule has 1 saturated heterocycles. The Morgan fingerprint density at radius 2 is 2.03 bits per heavy atom. The first kappa shape index (κ1) is 22.6. The molecule has 1 N–H and O–H groups in total. The number of ether oxygens (including phenoxy) is 2. The Labute approximate surface area is 196 Å². The smallest absolute Gasteiger partial charge is 0.406 e. The van der Waals surface area contributed by atoms with Crippen LogP contribution in [0.25, 0.3) is 27.8 Å². The summed E-state index contributed by atoms with van der Waals surface area (Å²) in [7, 11) is 0. The van der Waals surface area contributed by atoms with Crippen LogP contribution < -0.4 is 10.1 Å². The van der Waals surface area contributed by atoms with E-state index < -0.39 is 6.36 Å². The minimum Gasteiger partial charge on any atom is -0.406 e. The van der Waals surface area contributed by atoms with Crippen LogP contribution in [-0.4, -0.2) is 50.0 Å². The number of nitrogens with zero attached hydrogens (tertiary/aromatic N) is 5. The normalized spacial score (nSPS) is 14.0. The van der Waals surface area contributed by atoms with Crippen LogP contribution in [0, 0.1) is 0 Å². The first-order chi connectivity index (χ1) is 16.8. The van der Waals surface area contributed by atoms with Gasteiger partial charge in [0.05, 0.1) is 48.8 Å². The van der Waals surface area contributed by atoms with E-state index in [1.807, 2.05) is 16.9 Å². The van der Waals surface area contributed by atoms with Crippen molar-refractivity contribution in [3.8, 4) is 22.6 Å². The zero-order valence-electron chi connectivity index (χ0n) is 18.2. The molecule has 3 aromatic heterocycles. The van der Waals surface area contributed by atoms with Crippen molar-refractivity contribution in [3.63, 3.8) is 0 Å². The zero-order chi connectivity index (χ0) is 24.6. The summed E-state index contributed by atoms with van der Waals surface area (Å²) >= 11 is 0. The van der Waals surface area contributed by atoms with E-state index in [0.717, 1.165) is 17.2 Å². The highest BCUT2D eigenvalue weighted by molar-refractivity contribution is 5.95. The quantitative estimate of drug-likeness (QED) is 0.403. The van der Waals surface area contributed by atoms with Crippen molar-refractivity contribution in [2.24, 2.45) is 0 Å². The molecule has 180 valence electrons. The van der Waals surface area contributed by atoms with Gasteiger partial charge in [-0.05, 0) is 42.0 Å². The molecule has 12 heteroatoms. The molecule has 1 amide bonds. The van der Waals surface area contributed by atoms with Crippen molar-refractivity contribution < 1.29 is 27.4 Å². The van der Waals surface area contributed by atoms with Crippen LogP contribution in [0.2, 0.25) is 0 Å². The summed E-state index contributed by atoms with van der Waals surface area (Å²) in [6, 6.07) is 7.29. The van der Waals surface area contributed by atoms with Gasteiger partial charge >= 0.3 is 6.36 Å². The van der Waals surface area contributed by atoms with Crippen LogP contribution in [0.5, 0.6) is 5.75 Å². The van der Waals surface area contributed by atoms with E-state index in [1.54, 1.807) is 12.4 Å². The van der Waals surface area contributed by atoms with Crippen LogP contribution in [0.3, 0.4) is 0 Å². The predicted octanol–water partition coefficient (Wildman–Crippen LogP) is 3.56. The van der Waals surface area contributed by atoms with Gasteiger partial charge in [-0.3, -0.25) is 9.48 Å². The molecule has 5 rings (SSSR count). The molecule has 1 aromatic carbocycles. The van der Waals surface area contributed by atoms with Gasteiger partial charge in [-0.2, -0.15) is 10.2 Å². The Hall–Kier alpha value is -4.19. The van der Waals surface area contributed by atoms with Crippen LogP contribution >= 0.6 is 0 Å². The Balaban J connectivity index is 1.58. The molecular weight excluding hydrogens is 465 g/mol. The maximum Gasteiger partial charge on any atom is 0.573 e. The van der Waals surface area contributed by atoms with Crippen molar-refractivity contribution in [2.45, 2.75) is 18.9 Å². The lowest BCUT2D eigenvalue weighted by Gasteiger charge is -2.25. The van der Waals surface area contributed by atoms with E-state index in [0.29, 0.717) is 35.6 Å². The summed E-state index contributed by atoms with van der Waals surface area (Å²) in [6.07, 6.45) is 1.63. The number of nitrogens with one attached hydrogen (secondary N) is 1. The molecule has 4 heterocycles. The SMILES string of the molecule is C=CC(=O)NCc1nn(-c2ccc(OC(F)(F)F)cc2)c2nccc(-c3cnn(C4COC4)c3)c12. The van der Waals surface area contributed by atoms with Gasteiger partial charge in [-0.15, -0.1) is 13.2 Å². The average Bonchev–Trinajstić information content (AvgIpc) is 3.41. The molecule has 0 unspecified atom stereocenters. The summed E-state index contributed by atoms with van der Waals surface area (Å²) in [4.78, 5) is 16.3. The van der Waals surface area contributed by atoms with Gasteiger partial charge in [0.2, 0.25) is 5.91 Å². The van der Waals surface area contributed by atoms with E-state index in [2.05, 4.69) is 31.8 Å². The molecule has 4 aromatic rings. The monoisotopic (exact) mass is 484 g/mol. The second-order valence-corrected chi connectivity index (χ2v) is 7.78. The topological polar surface area (TPSA) is 96.1 Å². The third-order valence-corrected chi connectivity index (χ3v) is 5.48. The average molecular weight is 484 g/mol. The minimum absolute atomic E-state index is 0.0902. The van der Waals surface area contributed by atoms with Gasteiger partial charge in [0, 0.05) is 18.0 Å². The second kappa shape index (κ2) is 8.87. The van der Waals surface area contributed by atoms with Crippen molar-refractivity contribution in [1.29, 1.82) is 0 Å². The zero-order valence-corrected chi connectivity index (χ0v) is 18.2. The Bertz CT molecular complexity index is 1390. The number of amides is 1. The Morgan fingerprint density at radius 3 is 2.69 bits per heavy atom. The van der Waals surface area contributed by atoms with Crippen molar-refractivity contribution in [3.05, 3.63) is 67.3 Å². The highest BCUT2D eigenvalue weighted by Crippen LogP contribution is 2.33. The summed E-state index contributed by atoms with van der Waals surface area (Å²) < 4.78 is 50.2. The molecule has 0 atom stereocenters. The highest BCUT2D eigenvalue weighted by Gasteiger charge is 2.31. The molecule has 1 aliphatic heterocycles. The number of aromatic nitrogens is 5. The van der Waals surface area contributed by atoms with Crippen molar-refractivity contribution in [2.75, 3.05) is 13.2 Å². The van der Waals surface area contributed by atoms with E-state index >= 15 is 0 Å². The van der Waals surface area contributed by atoms with E-state index in [4.69, 9.17) is 4.74 Å². The Morgan fingerprint density at radius 1 is 1.26 bits per heavy atom. The van der Waals surface area contributed by atoms with Gasteiger partial charge in [-0.25, -0.2) is 9.67 Å². The first-order valence-corrected chi connectivity index (χ1v) is 10.6. The maximum atomic E-state index is 12.5. The van der Waals surface area contributed by atoms with Crippen LogP contribution in [0.1, 0.15) is 11.7 Å². The van der Waals surface area contributed by atoms with E-state index in [1.165, 1.54) is 28.9 Å². The number of fused-ring (bicyclic) bond motifs is 1. The van der Waals surface area contributed by atoms with E-state index in [9.17, 15) is 18.0 Å². The number of rotatable bonds is 7. The summed E-state index contributed by atoms with van der Waals surface area (Å²) in [5.41, 5.74) is 3.09. The summed E-state index contributed by atoms with van der Waals surface area (Å²) in [6.45, 7) is 4.74. The number of pyridine rings is 1. The van der Waals surface area contributed by atoms with Gasteiger partial charge in [0.1, 0.15) is 5.75 Å². The molecule has 0 spiro atoms. The first-order valence-electron chi connectivity index (χ1n) is 10.6. The maximum absolute atomic E-state index is 12.5. The predicted molar refractivity (Wildman–Crippen MR) is 119 cm³/mol. The standard InChI is InChI=1S/C23H19F3N6O3/c1-2-20(33)28-10-19-21-18(14-9-29-31(11-14)16-12-34-13-16)7-8-27-22(21)32(30-19)15-3-5-17(6-4-15)35-23(24,25)26/h2-9,11,16H,1,10,12-13H2,(H,28,33). The lowest BCUT2D eigenvalue weighted by molar-refractivity contribution is -0.274. The van der Waals surface area contributed by atoms with Crippen LogP contribution in [-0.2, 0) is 16.1 Å². The number of carbonyl (C=O) groups is 1. The number of alkyl halides is 3. The number of halogens is 3. The lowest BCUT2D eigenvalue weighted by atomic mass is 10.1. The van der Waals surface area contributed by atoms with Crippen molar-refractivity contribution in [1.82, 2.24) is 29.9 Å². The lowest BCUT2D eigenvalue weighted by Crippen LogP contribution is -2.30. The highest BCUT2D eigenvalue weighted by atomic mass is 19.4. The molecule has 1 fully saturated rings. The number of benzene rings is 1. The van der Waals surface area contributed by atoms with Crippen LogP contribution in [0.15, 0.2) is 61.6 Å². The molecule has 1 aliphatic rings. The number of carbonyl (C=O) groups excluding carboxylic acids is 1.